The second-order valence-corrected chi connectivity index (χ2v) is 6.49. The summed E-state index contributed by atoms with van der Waals surface area (Å²) >= 11 is 7.77. The lowest BCUT2D eigenvalue weighted by Gasteiger charge is -2.23. The number of aromatic amines is 1. The van der Waals surface area contributed by atoms with Gasteiger partial charge in [0.25, 0.3) is 0 Å². The highest BCUT2D eigenvalue weighted by atomic mass is 35.5. The van der Waals surface area contributed by atoms with Crippen LogP contribution in [0, 0.1) is 0 Å². The van der Waals surface area contributed by atoms with Gasteiger partial charge in [-0.15, -0.1) is 11.3 Å². The highest BCUT2D eigenvalue weighted by Crippen LogP contribution is 2.36. The maximum absolute atomic E-state index is 6.18. The molecule has 0 saturated heterocycles. The highest BCUT2D eigenvalue weighted by Gasteiger charge is 2.26. The lowest BCUT2D eigenvalue weighted by Crippen LogP contribution is -2.31. The van der Waals surface area contributed by atoms with Crippen LogP contribution in [-0.2, 0) is 5.41 Å². The average molecular weight is 324 g/mol. The summed E-state index contributed by atoms with van der Waals surface area (Å²) < 4.78 is 0. The Balaban J connectivity index is 0.00000176. The van der Waals surface area contributed by atoms with Crippen LogP contribution < -0.4 is 5.73 Å². The van der Waals surface area contributed by atoms with Crippen molar-refractivity contribution in [2.24, 2.45) is 5.73 Å². The van der Waals surface area contributed by atoms with Gasteiger partial charge in [-0.2, -0.15) is 5.10 Å². The molecule has 3 aromatic heterocycles. The van der Waals surface area contributed by atoms with Crippen molar-refractivity contribution in [3.63, 3.8) is 0 Å². The Hall–Kier alpha value is -1.50. The van der Waals surface area contributed by atoms with E-state index in [0.717, 1.165) is 28.1 Å². The molecule has 0 saturated carbocycles. The van der Waals surface area contributed by atoms with Crippen LogP contribution in [0.4, 0.5) is 0 Å². The summed E-state index contributed by atoms with van der Waals surface area (Å²) in [4.78, 5) is 8.98. The number of hydrogen-bond donors (Lipinski definition) is 2. The molecule has 0 fully saturated rings. The lowest BCUT2D eigenvalue weighted by molar-refractivity contribution is 0.456. The first-order chi connectivity index (χ1) is 10.1. The van der Waals surface area contributed by atoms with Crippen LogP contribution in [0.2, 0.25) is 5.15 Å². The molecule has 0 aliphatic heterocycles. The quantitative estimate of drug-likeness (QED) is 0.768. The summed E-state index contributed by atoms with van der Waals surface area (Å²) in [5.41, 5.74) is 8.40. The van der Waals surface area contributed by atoms with E-state index in [9.17, 15) is 0 Å². The maximum atomic E-state index is 6.18. The van der Waals surface area contributed by atoms with E-state index in [2.05, 4.69) is 34.4 Å². The van der Waals surface area contributed by atoms with Gasteiger partial charge >= 0.3 is 0 Å². The van der Waals surface area contributed by atoms with Gasteiger partial charge in [0, 0.05) is 30.5 Å². The Kier molecular flexibility index (Phi) is 3.69. The molecule has 0 radical (unpaired) electrons. The molecule has 0 aromatic carbocycles. The predicted octanol–water partition coefficient (Wildman–Crippen LogP) is 3.61. The molecule has 1 atom stereocenters. The van der Waals surface area contributed by atoms with Crippen molar-refractivity contribution in [3.8, 4) is 10.6 Å². The fourth-order valence-corrected chi connectivity index (χ4v) is 3.43. The fourth-order valence-electron chi connectivity index (χ4n) is 2.19. The minimum absolute atomic E-state index is 0. The summed E-state index contributed by atoms with van der Waals surface area (Å²) in [7, 11) is 0. The Morgan fingerprint density at radius 1 is 1.52 bits per heavy atom. The fraction of sp³-hybridized carbons (Fsp3) is 0.357. The van der Waals surface area contributed by atoms with E-state index in [4.69, 9.17) is 22.3 Å². The van der Waals surface area contributed by atoms with Crippen molar-refractivity contribution in [3.05, 3.63) is 28.5 Å². The number of hydrogen-bond acceptors (Lipinski definition) is 5. The molecular formula is C14H18ClN5S. The molecule has 3 N–H and O–H groups in total. The van der Waals surface area contributed by atoms with Gasteiger partial charge in [-0.25, -0.2) is 9.97 Å². The molecule has 0 spiro atoms. The van der Waals surface area contributed by atoms with Crippen LogP contribution in [0.1, 0.15) is 27.4 Å². The van der Waals surface area contributed by atoms with Crippen molar-refractivity contribution >= 4 is 34.0 Å². The largest absolute Gasteiger partial charge is 0.330 e. The zero-order valence-corrected chi connectivity index (χ0v) is 13.4. The number of aromatic nitrogens is 4. The van der Waals surface area contributed by atoms with Crippen LogP contribution in [-0.4, -0.2) is 26.7 Å². The van der Waals surface area contributed by atoms with Crippen LogP contribution in [0.3, 0.4) is 0 Å². The third kappa shape index (κ3) is 2.33. The van der Waals surface area contributed by atoms with Crippen LogP contribution in [0.5, 0.6) is 0 Å². The van der Waals surface area contributed by atoms with E-state index < -0.39 is 0 Å². The number of pyridine rings is 1. The van der Waals surface area contributed by atoms with Crippen molar-refractivity contribution in [2.45, 2.75) is 25.7 Å². The number of thiazole rings is 1. The van der Waals surface area contributed by atoms with Gasteiger partial charge < -0.3 is 5.73 Å². The van der Waals surface area contributed by atoms with E-state index in [1.165, 1.54) is 0 Å². The molecule has 3 aromatic rings. The summed E-state index contributed by atoms with van der Waals surface area (Å²) in [6.07, 6.45) is 2.67. The van der Waals surface area contributed by atoms with Crippen LogP contribution >= 0.6 is 22.9 Å². The molecule has 0 bridgehead atoms. The van der Waals surface area contributed by atoms with E-state index in [-0.39, 0.29) is 6.84 Å². The number of nitrogens with two attached hydrogens (primary N) is 1. The molecule has 0 aliphatic rings. The number of H-pyrrole nitrogens is 1. The number of nitrogens with one attached hydrogen (secondary N) is 1. The molecule has 3 heterocycles. The Labute approximate surface area is 133 Å². The second kappa shape index (κ2) is 5.36. The molecule has 5 nitrogen and oxygen atoms in total. The smallest absolute Gasteiger partial charge is 0.183 e. The van der Waals surface area contributed by atoms with E-state index in [0.29, 0.717) is 17.3 Å². The summed E-state index contributed by atoms with van der Waals surface area (Å²) in [6.45, 7) is 4.84. The minimum Gasteiger partial charge on any atom is -0.330 e. The Morgan fingerprint density at radius 2 is 2.33 bits per heavy atom. The SMILES string of the molecule is CCC(C)(CN)c1csc(-c2ccnc3n[nH]c(Cl)c23)n1.[HH]. The van der Waals surface area contributed by atoms with Crippen LogP contribution in [0.25, 0.3) is 21.6 Å². The molecule has 7 heteroatoms. The van der Waals surface area contributed by atoms with E-state index in [1.807, 2.05) is 6.07 Å². The number of nitrogens with zero attached hydrogens (tertiary/aromatic N) is 3. The monoisotopic (exact) mass is 323 g/mol. The summed E-state index contributed by atoms with van der Waals surface area (Å²) in [6, 6.07) is 1.91. The molecule has 0 aliphatic carbocycles. The van der Waals surface area contributed by atoms with Gasteiger partial charge in [0.1, 0.15) is 10.2 Å². The van der Waals surface area contributed by atoms with Crippen molar-refractivity contribution in [2.75, 3.05) is 6.54 Å². The first-order valence-electron chi connectivity index (χ1n) is 6.74. The van der Waals surface area contributed by atoms with Gasteiger partial charge in [-0.05, 0) is 12.5 Å². The van der Waals surface area contributed by atoms with Crippen LogP contribution in [0.15, 0.2) is 17.6 Å². The molecular weight excluding hydrogens is 306 g/mol. The number of halogens is 1. The predicted molar refractivity (Wildman–Crippen MR) is 88.8 cm³/mol. The van der Waals surface area contributed by atoms with E-state index >= 15 is 0 Å². The lowest BCUT2D eigenvalue weighted by atomic mass is 9.85. The average Bonchev–Trinajstić information content (AvgIpc) is 3.14. The molecule has 112 valence electrons. The zero-order chi connectivity index (χ0) is 15.0. The first-order valence-corrected chi connectivity index (χ1v) is 8.00. The number of fused-ring (bicyclic) bond motifs is 1. The van der Waals surface area contributed by atoms with Crippen molar-refractivity contribution < 1.29 is 1.43 Å². The number of rotatable bonds is 4. The summed E-state index contributed by atoms with van der Waals surface area (Å²) in [5, 5.41) is 11.1. The normalized spacial score (nSPS) is 14.5. The van der Waals surface area contributed by atoms with Gasteiger partial charge in [0.2, 0.25) is 0 Å². The Bertz CT molecular complexity index is 780. The molecule has 3 rings (SSSR count). The first kappa shape index (κ1) is 14.4. The topological polar surface area (TPSA) is 80.5 Å². The van der Waals surface area contributed by atoms with Gasteiger partial charge in [-0.3, -0.25) is 5.10 Å². The third-order valence-corrected chi connectivity index (χ3v) is 5.14. The standard InChI is InChI=1S/C14H16ClN5S.H2/c1-3-14(2,7-16)9-6-21-13(18-9)8-4-5-17-12-10(8)11(15)19-20-12;/h4-6H,3,7,16H2,1-2H3,(H,17,19,20);1H. The van der Waals surface area contributed by atoms with E-state index in [1.54, 1.807) is 17.5 Å². The van der Waals surface area contributed by atoms with Crippen molar-refractivity contribution in [1.29, 1.82) is 0 Å². The van der Waals surface area contributed by atoms with Gasteiger partial charge in [0.05, 0.1) is 11.1 Å². The van der Waals surface area contributed by atoms with Gasteiger partial charge in [-0.1, -0.05) is 25.4 Å². The van der Waals surface area contributed by atoms with Crippen molar-refractivity contribution in [1.82, 2.24) is 20.2 Å². The maximum Gasteiger partial charge on any atom is 0.183 e. The third-order valence-electron chi connectivity index (χ3n) is 3.99. The minimum atomic E-state index is -0.0961. The molecule has 0 amide bonds. The molecule has 21 heavy (non-hydrogen) atoms. The zero-order valence-electron chi connectivity index (χ0n) is 11.9. The Morgan fingerprint density at radius 3 is 3.05 bits per heavy atom. The second-order valence-electron chi connectivity index (χ2n) is 5.25. The highest BCUT2D eigenvalue weighted by molar-refractivity contribution is 7.13. The summed E-state index contributed by atoms with van der Waals surface area (Å²) in [5.74, 6) is 0. The van der Waals surface area contributed by atoms with Gasteiger partial charge in [0.15, 0.2) is 5.65 Å². The molecule has 1 unspecified atom stereocenters.